The van der Waals surface area contributed by atoms with Crippen LogP contribution in [0.3, 0.4) is 0 Å². The van der Waals surface area contributed by atoms with Crippen LogP contribution in [-0.4, -0.2) is 74.9 Å². The average molecular weight is 989 g/mol. The molecule has 70 heavy (non-hydrogen) atoms. The van der Waals surface area contributed by atoms with Crippen LogP contribution in [0.15, 0.2) is 158 Å². The van der Waals surface area contributed by atoms with E-state index in [1.807, 2.05) is 33.3 Å². The Balaban J connectivity index is 4.31. The average Bonchev–Trinajstić information content (AvgIpc) is 3.32. The maximum atomic E-state index is 12.8. The molecule has 10 heteroatoms. The lowest BCUT2D eigenvalue weighted by Crippen LogP contribution is -2.37. The van der Waals surface area contributed by atoms with Crippen LogP contribution in [-0.2, 0) is 32.7 Å². The van der Waals surface area contributed by atoms with Crippen molar-refractivity contribution in [2.75, 3.05) is 47.5 Å². The number of ether oxygens (including phenoxy) is 2. The van der Waals surface area contributed by atoms with E-state index in [9.17, 15) is 19.0 Å². The quantitative estimate of drug-likeness (QED) is 0.0211. The van der Waals surface area contributed by atoms with Crippen molar-refractivity contribution in [1.82, 2.24) is 0 Å². The molecule has 1 N–H and O–H groups in total. The van der Waals surface area contributed by atoms with Gasteiger partial charge >= 0.3 is 19.8 Å². The van der Waals surface area contributed by atoms with Gasteiger partial charge < -0.3 is 18.9 Å². The van der Waals surface area contributed by atoms with Gasteiger partial charge in [-0.2, -0.15) is 0 Å². The Kier molecular flexibility index (Phi) is 46.5. The van der Waals surface area contributed by atoms with Crippen LogP contribution in [0.5, 0.6) is 0 Å². The highest BCUT2D eigenvalue weighted by molar-refractivity contribution is 7.47. The lowest BCUT2D eigenvalue weighted by atomic mass is 10.1. The first-order chi connectivity index (χ1) is 34.0. The fraction of sp³-hybridized carbons (Fsp3) is 0.533. The summed E-state index contributed by atoms with van der Waals surface area (Å²) in [5.41, 5.74) is 0. The first-order valence-corrected chi connectivity index (χ1v) is 27.7. The number of carbonyl (C=O) groups excluding carboxylic acids is 2. The van der Waals surface area contributed by atoms with Gasteiger partial charge in [-0.1, -0.05) is 191 Å². The summed E-state index contributed by atoms with van der Waals surface area (Å²) in [6.45, 7) is 4.04. The Bertz CT molecular complexity index is 1730. The summed E-state index contributed by atoms with van der Waals surface area (Å²) in [6.07, 6.45) is 74.7. The number of rotatable bonds is 45. The second-order valence-corrected chi connectivity index (χ2v) is 19.2. The molecule has 0 bridgehead atoms. The van der Waals surface area contributed by atoms with Crippen LogP contribution in [0, 0.1) is 0 Å². The van der Waals surface area contributed by atoms with Crippen molar-refractivity contribution in [3.63, 3.8) is 0 Å². The molecule has 0 saturated heterocycles. The number of hydrogen-bond donors (Lipinski definition) is 1. The fourth-order valence-corrected chi connectivity index (χ4v) is 6.82. The van der Waals surface area contributed by atoms with Gasteiger partial charge in [-0.05, 0) is 109 Å². The van der Waals surface area contributed by atoms with Crippen molar-refractivity contribution < 1.29 is 42.1 Å². The molecule has 9 nitrogen and oxygen atoms in total. The molecule has 0 fully saturated rings. The van der Waals surface area contributed by atoms with Gasteiger partial charge in [0.1, 0.15) is 19.8 Å². The highest BCUT2D eigenvalue weighted by Crippen LogP contribution is 2.43. The molecule has 0 aromatic heterocycles. The highest BCUT2D eigenvalue weighted by atomic mass is 31.2. The maximum Gasteiger partial charge on any atom is 0.472 e. The van der Waals surface area contributed by atoms with Crippen molar-refractivity contribution in [2.45, 2.75) is 161 Å². The third kappa shape index (κ3) is 53.0. The van der Waals surface area contributed by atoms with Crippen LogP contribution < -0.4 is 0 Å². The molecule has 392 valence electrons. The Morgan fingerprint density at radius 1 is 0.443 bits per heavy atom. The van der Waals surface area contributed by atoms with Crippen molar-refractivity contribution >= 4 is 19.8 Å². The van der Waals surface area contributed by atoms with Crippen molar-refractivity contribution in [3.8, 4) is 0 Å². The second-order valence-electron chi connectivity index (χ2n) is 17.8. The van der Waals surface area contributed by atoms with Crippen LogP contribution in [0.1, 0.15) is 155 Å². The van der Waals surface area contributed by atoms with Gasteiger partial charge in [-0.15, -0.1) is 0 Å². The van der Waals surface area contributed by atoms with E-state index in [4.69, 9.17) is 18.5 Å². The second kappa shape index (κ2) is 49.6. The third-order valence-corrected chi connectivity index (χ3v) is 11.1. The SMILES string of the molecule is CC/C=C\C/C=C\C/C=C\C/C=C\C/C=C\C/C=C\C/C=C\C/C=C\C/C=C\CCCCCCCC(=O)OC(COC(=O)CC/C=C\C/C=C\C/C=C\C/C=C\CC)COP(=O)(O)OCC[N+](C)(C)C. The molecule has 0 aliphatic carbocycles. The zero-order chi connectivity index (χ0) is 51.3. The topological polar surface area (TPSA) is 108 Å². The summed E-state index contributed by atoms with van der Waals surface area (Å²) >= 11 is 0. The van der Waals surface area contributed by atoms with Gasteiger partial charge in [0.05, 0.1) is 27.7 Å². The predicted octanol–water partition coefficient (Wildman–Crippen LogP) is 16.1. The first-order valence-electron chi connectivity index (χ1n) is 26.2. The molecule has 0 rings (SSSR count). The van der Waals surface area contributed by atoms with Crippen molar-refractivity contribution in [1.29, 1.82) is 0 Å². The molecule has 2 atom stereocenters. The van der Waals surface area contributed by atoms with E-state index in [1.165, 1.54) is 0 Å². The summed E-state index contributed by atoms with van der Waals surface area (Å²) in [6, 6.07) is 0. The van der Waals surface area contributed by atoms with E-state index < -0.39 is 32.5 Å². The number of quaternary nitrogens is 1. The zero-order valence-corrected chi connectivity index (χ0v) is 45.1. The van der Waals surface area contributed by atoms with E-state index in [-0.39, 0.29) is 26.1 Å². The highest BCUT2D eigenvalue weighted by Gasteiger charge is 2.27. The largest absolute Gasteiger partial charge is 0.472 e. The van der Waals surface area contributed by atoms with Gasteiger partial charge in [0.2, 0.25) is 0 Å². The fourth-order valence-electron chi connectivity index (χ4n) is 6.08. The minimum atomic E-state index is -4.41. The summed E-state index contributed by atoms with van der Waals surface area (Å²) in [4.78, 5) is 35.4. The first kappa shape index (κ1) is 65.6. The standard InChI is InChI=1S/C60H94NO8P/c1-6-8-10-12-14-16-18-20-21-22-23-24-25-26-27-28-29-30-31-32-33-34-35-36-37-38-39-41-43-45-47-49-51-53-60(63)69-58(57-68-70(64,65)67-55-54-61(3,4)5)56-66-59(62)52-50-48-46-44-42-40-19-17-15-13-11-9-7-2/h8-11,14-17,20-21,23-24,26-27,29-30,32-33,35-36,38-40,42,46,48,58H,6-7,12-13,18-19,22,25,28,31,34,37,41,43-45,47,49-57H2,1-5H3/p+1/b10-8-,11-9-,16-14-,17-15-,21-20-,24-23-,27-26-,30-29-,33-32-,36-35-,39-38-,42-40-,48-46-. The molecule has 0 spiro atoms. The van der Waals surface area contributed by atoms with Gasteiger partial charge in [-0.25, -0.2) is 4.57 Å². The minimum absolute atomic E-state index is 0.00733. The number of esters is 2. The molecule has 0 saturated carbocycles. The lowest BCUT2D eigenvalue weighted by molar-refractivity contribution is -0.870. The number of carbonyl (C=O) groups is 2. The summed E-state index contributed by atoms with van der Waals surface area (Å²) < 4.78 is 34.3. The Hall–Kier alpha value is -4.37. The van der Waals surface area contributed by atoms with E-state index in [2.05, 4.69) is 160 Å². The molecular weight excluding hydrogens is 894 g/mol. The normalized spacial score (nSPS) is 14.7. The van der Waals surface area contributed by atoms with Gasteiger partial charge in [-0.3, -0.25) is 18.6 Å². The molecular formula is C60H95NO8P+. The number of unbranched alkanes of at least 4 members (excludes halogenated alkanes) is 5. The van der Waals surface area contributed by atoms with Crippen molar-refractivity contribution in [3.05, 3.63) is 158 Å². The maximum absolute atomic E-state index is 12.8. The Morgan fingerprint density at radius 3 is 1.20 bits per heavy atom. The Morgan fingerprint density at radius 2 is 0.800 bits per heavy atom. The molecule has 0 heterocycles. The molecule has 0 aromatic carbocycles. The molecule has 0 aliphatic heterocycles. The van der Waals surface area contributed by atoms with Gasteiger partial charge in [0, 0.05) is 12.8 Å². The Labute approximate surface area is 426 Å². The number of phosphoric acid groups is 1. The lowest BCUT2D eigenvalue weighted by Gasteiger charge is -2.24. The number of nitrogens with zero attached hydrogens (tertiary/aromatic N) is 1. The number of allylic oxidation sites excluding steroid dienone is 26. The molecule has 0 radical (unpaired) electrons. The number of likely N-dealkylation sites (N-methyl/N-ethyl adjacent to an activating group) is 1. The molecule has 0 aromatic rings. The number of phosphoric ester groups is 1. The number of hydrogen-bond acceptors (Lipinski definition) is 7. The summed E-state index contributed by atoms with van der Waals surface area (Å²) in [5, 5.41) is 0. The smallest absolute Gasteiger partial charge is 0.462 e. The molecule has 0 aliphatic rings. The third-order valence-electron chi connectivity index (χ3n) is 10.1. The van der Waals surface area contributed by atoms with E-state index in [0.29, 0.717) is 23.9 Å². The summed E-state index contributed by atoms with van der Waals surface area (Å²) in [7, 11) is 1.40. The van der Waals surface area contributed by atoms with Crippen molar-refractivity contribution in [2.24, 2.45) is 0 Å². The van der Waals surface area contributed by atoms with Gasteiger partial charge in [0.15, 0.2) is 6.10 Å². The zero-order valence-electron chi connectivity index (χ0n) is 44.2. The van der Waals surface area contributed by atoms with Crippen LogP contribution in [0.4, 0.5) is 0 Å². The van der Waals surface area contributed by atoms with Crippen LogP contribution >= 0.6 is 7.82 Å². The van der Waals surface area contributed by atoms with Crippen LogP contribution in [0.2, 0.25) is 0 Å². The minimum Gasteiger partial charge on any atom is -0.462 e. The summed E-state index contributed by atoms with van der Waals surface area (Å²) in [5.74, 6) is -0.933. The van der Waals surface area contributed by atoms with E-state index in [1.54, 1.807) is 0 Å². The van der Waals surface area contributed by atoms with Crippen LogP contribution in [0.25, 0.3) is 0 Å². The van der Waals surface area contributed by atoms with Gasteiger partial charge in [0.25, 0.3) is 0 Å². The van der Waals surface area contributed by atoms with E-state index >= 15 is 0 Å². The molecule has 0 amide bonds. The predicted molar refractivity (Wildman–Crippen MR) is 297 cm³/mol. The monoisotopic (exact) mass is 989 g/mol. The molecule has 2 unspecified atom stereocenters. The van der Waals surface area contributed by atoms with E-state index in [0.717, 1.165) is 116 Å².